The third-order valence-electron chi connectivity index (χ3n) is 3.90. The first-order valence-electron chi connectivity index (χ1n) is 8.80. The van der Waals surface area contributed by atoms with Gasteiger partial charge in [-0.3, -0.25) is 9.59 Å². The molecule has 1 fully saturated rings. The number of thioether (sulfide) groups is 1. The Hall–Kier alpha value is -3.00. The Morgan fingerprint density at radius 1 is 1.14 bits per heavy atom. The minimum Gasteiger partial charge on any atom is -0.497 e. The van der Waals surface area contributed by atoms with Crippen molar-refractivity contribution in [3.05, 3.63) is 48.5 Å². The summed E-state index contributed by atoms with van der Waals surface area (Å²) in [7, 11) is 1.59. The third kappa shape index (κ3) is 5.26. The molecule has 0 radical (unpaired) electrons. The minimum absolute atomic E-state index is 0.0609. The summed E-state index contributed by atoms with van der Waals surface area (Å²) in [6.07, 6.45) is 0.0609. The molecule has 28 heavy (non-hydrogen) atoms. The minimum atomic E-state index is -0.514. The second kappa shape index (κ2) is 9.27. The molecular formula is C20H21N3O4S. The molecule has 0 spiro atoms. The normalized spacial score (nSPS) is 17.3. The quantitative estimate of drug-likeness (QED) is 0.745. The predicted molar refractivity (Wildman–Crippen MR) is 110 cm³/mol. The highest BCUT2D eigenvalue weighted by atomic mass is 32.2. The number of anilines is 1. The SMILES string of the molecule is CCOc1ccc(NC(=O)C[C@H]2SC(=Nc3ccc(OC)cc3)NC2=O)cc1. The van der Waals surface area contributed by atoms with E-state index in [9.17, 15) is 9.59 Å². The summed E-state index contributed by atoms with van der Waals surface area (Å²) < 4.78 is 10.5. The maximum absolute atomic E-state index is 12.3. The van der Waals surface area contributed by atoms with E-state index in [0.29, 0.717) is 23.1 Å². The van der Waals surface area contributed by atoms with Crippen LogP contribution in [0.4, 0.5) is 11.4 Å². The van der Waals surface area contributed by atoms with Crippen LogP contribution < -0.4 is 20.1 Å². The molecule has 2 amide bonds. The average molecular weight is 399 g/mol. The summed E-state index contributed by atoms with van der Waals surface area (Å²) in [4.78, 5) is 28.8. The van der Waals surface area contributed by atoms with Gasteiger partial charge in [0.05, 0.1) is 19.4 Å². The number of hydrogen-bond donors (Lipinski definition) is 2. The molecule has 0 unspecified atom stereocenters. The molecule has 1 aliphatic rings. The lowest BCUT2D eigenvalue weighted by atomic mass is 10.2. The Kier molecular flexibility index (Phi) is 6.54. The van der Waals surface area contributed by atoms with Crippen molar-refractivity contribution in [2.24, 2.45) is 4.99 Å². The first kappa shape index (κ1) is 19.8. The van der Waals surface area contributed by atoms with Gasteiger partial charge in [0, 0.05) is 12.1 Å². The Labute approximate surface area is 167 Å². The fourth-order valence-corrected chi connectivity index (χ4v) is 3.54. The van der Waals surface area contributed by atoms with Gasteiger partial charge in [-0.05, 0) is 55.5 Å². The largest absolute Gasteiger partial charge is 0.497 e. The van der Waals surface area contributed by atoms with Crippen LogP contribution in [0.15, 0.2) is 53.5 Å². The number of aliphatic imine (C=N–C) groups is 1. The zero-order valence-electron chi connectivity index (χ0n) is 15.6. The van der Waals surface area contributed by atoms with E-state index in [-0.39, 0.29) is 18.2 Å². The van der Waals surface area contributed by atoms with Crippen LogP contribution >= 0.6 is 11.8 Å². The fourth-order valence-electron chi connectivity index (χ4n) is 2.55. The van der Waals surface area contributed by atoms with Gasteiger partial charge in [0.15, 0.2) is 5.17 Å². The first-order chi connectivity index (χ1) is 13.6. The zero-order valence-corrected chi connectivity index (χ0v) is 16.4. The van der Waals surface area contributed by atoms with Crippen LogP contribution in [-0.4, -0.2) is 35.9 Å². The number of carbonyl (C=O) groups excluding carboxylic acids is 2. The molecule has 7 nitrogen and oxygen atoms in total. The average Bonchev–Trinajstić information content (AvgIpc) is 3.03. The Balaban J connectivity index is 1.56. The van der Waals surface area contributed by atoms with Crippen LogP contribution in [0.1, 0.15) is 13.3 Å². The van der Waals surface area contributed by atoms with Crippen LogP contribution in [0.25, 0.3) is 0 Å². The highest BCUT2D eigenvalue weighted by Crippen LogP contribution is 2.26. The van der Waals surface area contributed by atoms with Crippen LogP contribution in [0.5, 0.6) is 11.5 Å². The Bertz CT molecular complexity index is 866. The van der Waals surface area contributed by atoms with E-state index in [1.54, 1.807) is 55.6 Å². The molecule has 8 heteroatoms. The molecule has 2 aromatic rings. The van der Waals surface area contributed by atoms with Gasteiger partial charge in [0.1, 0.15) is 16.7 Å². The number of amidine groups is 1. The summed E-state index contributed by atoms with van der Waals surface area (Å²) in [5.74, 6) is 1.02. The van der Waals surface area contributed by atoms with E-state index in [2.05, 4.69) is 15.6 Å². The summed E-state index contributed by atoms with van der Waals surface area (Å²) in [5, 5.41) is 5.48. The summed E-state index contributed by atoms with van der Waals surface area (Å²) in [6.45, 7) is 2.49. The number of carbonyl (C=O) groups is 2. The van der Waals surface area contributed by atoms with Crippen molar-refractivity contribution < 1.29 is 19.1 Å². The van der Waals surface area contributed by atoms with Crippen LogP contribution in [0.3, 0.4) is 0 Å². The smallest absolute Gasteiger partial charge is 0.240 e. The molecule has 1 aliphatic heterocycles. The van der Waals surface area contributed by atoms with E-state index < -0.39 is 5.25 Å². The molecule has 146 valence electrons. The third-order valence-corrected chi connectivity index (χ3v) is 4.98. The van der Waals surface area contributed by atoms with Crippen molar-refractivity contribution in [1.29, 1.82) is 0 Å². The summed E-state index contributed by atoms with van der Waals surface area (Å²) in [5.41, 5.74) is 1.35. The fraction of sp³-hybridized carbons (Fsp3) is 0.250. The van der Waals surface area contributed by atoms with Gasteiger partial charge in [-0.25, -0.2) is 4.99 Å². The lowest BCUT2D eigenvalue weighted by molar-refractivity contribution is -0.122. The topological polar surface area (TPSA) is 89.0 Å². The van der Waals surface area contributed by atoms with Crippen LogP contribution in [0, 0.1) is 0 Å². The molecule has 1 saturated heterocycles. The lowest BCUT2D eigenvalue weighted by Gasteiger charge is -2.08. The van der Waals surface area contributed by atoms with E-state index in [1.165, 1.54) is 11.8 Å². The van der Waals surface area contributed by atoms with E-state index >= 15 is 0 Å². The molecule has 3 rings (SSSR count). The summed E-state index contributed by atoms with van der Waals surface area (Å²) >= 11 is 1.25. The molecule has 0 aromatic heterocycles. The predicted octanol–water partition coefficient (Wildman–Crippen LogP) is 3.34. The van der Waals surface area contributed by atoms with E-state index in [0.717, 1.165) is 11.5 Å². The monoisotopic (exact) mass is 399 g/mol. The molecule has 1 atom stereocenters. The maximum Gasteiger partial charge on any atom is 0.240 e. The molecule has 2 aromatic carbocycles. The Morgan fingerprint density at radius 2 is 1.82 bits per heavy atom. The molecule has 1 heterocycles. The molecule has 2 N–H and O–H groups in total. The number of nitrogens with zero attached hydrogens (tertiary/aromatic N) is 1. The number of amides is 2. The molecule has 0 aliphatic carbocycles. The van der Waals surface area contributed by atoms with Crippen molar-refractivity contribution in [3.8, 4) is 11.5 Å². The lowest BCUT2D eigenvalue weighted by Crippen LogP contribution is -2.28. The van der Waals surface area contributed by atoms with Crippen molar-refractivity contribution in [2.75, 3.05) is 19.0 Å². The highest BCUT2D eigenvalue weighted by Gasteiger charge is 2.32. The molecular weight excluding hydrogens is 378 g/mol. The number of rotatable bonds is 7. The van der Waals surface area contributed by atoms with Crippen LogP contribution in [-0.2, 0) is 9.59 Å². The number of methoxy groups -OCH3 is 1. The van der Waals surface area contributed by atoms with Crippen LogP contribution in [0.2, 0.25) is 0 Å². The molecule has 0 bridgehead atoms. The zero-order chi connectivity index (χ0) is 19.9. The summed E-state index contributed by atoms with van der Waals surface area (Å²) in [6, 6.07) is 14.3. The van der Waals surface area contributed by atoms with Crippen molar-refractivity contribution >= 4 is 40.1 Å². The van der Waals surface area contributed by atoms with E-state index in [4.69, 9.17) is 9.47 Å². The Morgan fingerprint density at radius 3 is 2.46 bits per heavy atom. The van der Waals surface area contributed by atoms with Gasteiger partial charge in [-0.15, -0.1) is 0 Å². The first-order valence-corrected chi connectivity index (χ1v) is 9.68. The van der Waals surface area contributed by atoms with Crippen molar-refractivity contribution in [2.45, 2.75) is 18.6 Å². The highest BCUT2D eigenvalue weighted by molar-refractivity contribution is 8.15. The van der Waals surface area contributed by atoms with Gasteiger partial charge in [-0.2, -0.15) is 0 Å². The number of hydrogen-bond acceptors (Lipinski definition) is 6. The van der Waals surface area contributed by atoms with Gasteiger partial charge in [0.2, 0.25) is 11.8 Å². The number of benzene rings is 2. The van der Waals surface area contributed by atoms with Gasteiger partial charge >= 0.3 is 0 Å². The standard InChI is InChI=1S/C20H21N3O4S/c1-3-27-16-10-6-13(7-11-16)21-18(24)12-17-19(25)23-20(28-17)22-14-4-8-15(26-2)9-5-14/h4-11,17H,3,12H2,1-2H3,(H,21,24)(H,22,23,25)/t17-/m1/s1. The number of nitrogens with one attached hydrogen (secondary N) is 2. The van der Waals surface area contributed by atoms with Crippen molar-refractivity contribution in [3.63, 3.8) is 0 Å². The van der Waals surface area contributed by atoms with Crippen molar-refractivity contribution in [1.82, 2.24) is 5.32 Å². The van der Waals surface area contributed by atoms with Gasteiger partial charge in [0.25, 0.3) is 0 Å². The second-order valence-electron chi connectivity index (χ2n) is 5.92. The van der Waals surface area contributed by atoms with Gasteiger partial charge in [-0.1, -0.05) is 11.8 Å². The maximum atomic E-state index is 12.3. The second-order valence-corrected chi connectivity index (χ2v) is 7.11. The van der Waals surface area contributed by atoms with E-state index in [1.807, 2.05) is 6.92 Å². The van der Waals surface area contributed by atoms with Gasteiger partial charge < -0.3 is 20.1 Å². The number of ether oxygens (including phenoxy) is 2. The molecule has 0 saturated carbocycles.